The van der Waals surface area contributed by atoms with Gasteiger partial charge in [0, 0.05) is 43.2 Å². The van der Waals surface area contributed by atoms with Crippen molar-refractivity contribution in [1.82, 2.24) is 24.9 Å². The maximum atomic E-state index is 12.1. The van der Waals surface area contributed by atoms with Crippen molar-refractivity contribution in [2.75, 3.05) is 6.67 Å². The standard InChI is InChI=1S/C12H18FN5.ClH/c1-10-12(8-15-17(10)2)7-14-5-11-6-16-18(9-11)4-3-13;/h6,8-9,14H,3-5,7H2,1-2H3;1H. The molecular weight excluding hydrogens is 269 g/mol. The smallest absolute Gasteiger partial charge is 0.109 e. The molecule has 0 aliphatic rings. The van der Waals surface area contributed by atoms with Crippen molar-refractivity contribution in [3.63, 3.8) is 0 Å². The Morgan fingerprint density at radius 2 is 2.05 bits per heavy atom. The topological polar surface area (TPSA) is 47.7 Å². The zero-order chi connectivity index (χ0) is 13.0. The van der Waals surface area contributed by atoms with Crippen LogP contribution in [-0.2, 0) is 26.7 Å². The molecule has 2 aromatic heterocycles. The Kier molecular flexibility index (Phi) is 5.98. The summed E-state index contributed by atoms with van der Waals surface area (Å²) in [6, 6.07) is 0. The summed E-state index contributed by atoms with van der Waals surface area (Å²) < 4.78 is 15.6. The first kappa shape index (κ1) is 15.7. The number of alkyl halides is 1. The van der Waals surface area contributed by atoms with Gasteiger partial charge < -0.3 is 5.32 Å². The molecule has 7 heteroatoms. The summed E-state index contributed by atoms with van der Waals surface area (Å²) in [6.07, 6.45) is 5.50. The third kappa shape index (κ3) is 4.04. The first-order valence-electron chi connectivity index (χ1n) is 5.96. The van der Waals surface area contributed by atoms with Crippen molar-refractivity contribution in [3.05, 3.63) is 35.4 Å². The largest absolute Gasteiger partial charge is 0.308 e. The average molecular weight is 288 g/mol. The highest BCUT2D eigenvalue weighted by atomic mass is 35.5. The summed E-state index contributed by atoms with van der Waals surface area (Å²) in [5.41, 5.74) is 3.41. The van der Waals surface area contributed by atoms with Gasteiger partial charge in [-0.1, -0.05) is 0 Å². The molecule has 0 spiro atoms. The van der Waals surface area contributed by atoms with Crippen LogP contribution in [0.3, 0.4) is 0 Å². The summed E-state index contributed by atoms with van der Waals surface area (Å²) in [5.74, 6) is 0. The van der Waals surface area contributed by atoms with E-state index in [1.54, 1.807) is 10.9 Å². The fourth-order valence-electron chi connectivity index (χ4n) is 1.77. The van der Waals surface area contributed by atoms with E-state index in [0.717, 1.165) is 24.3 Å². The Morgan fingerprint density at radius 1 is 1.26 bits per heavy atom. The van der Waals surface area contributed by atoms with Crippen molar-refractivity contribution in [2.24, 2.45) is 7.05 Å². The number of nitrogens with one attached hydrogen (secondary N) is 1. The third-order valence-electron chi connectivity index (χ3n) is 2.98. The molecule has 2 heterocycles. The van der Waals surface area contributed by atoms with E-state index in [1.165, 1.54) is 5.56 Å². The number of halogens is 2. The van der Waals surface area contributed by atoms with Gasteiger partial charge in [-0.05, 0) is 6.92 Å². The number of aromatic nitrogens is 4. The number of rotatable bonds is 6. The fourth-order valence-corrected chi connectivity index (χ4v) is 1.77. The molecule has 0 unspecified atom stereocenters. The molecule has 1 N–H and O–H groups in total. The van der Waals surface area contributed by atoms with E-state index < -0.39 is 0 Å². The normalized spacial score (nSPS) is 10.5. The van der Waals surface area contributed by atoms with Crippen LogP contribution >= 0.6 is 12.4 Å². The maximum absolute atomic E-state index is 12.1. The molecule has 2 aromatic rings. The second-order valence-electron chi connectivity index (χ2n) is 4.28. The maximum Gasteiger partial charge on any atom is 0.109 e. The molecule has 0 saturated heterocycles. The minimum absolute atomic E-state index is 0. The first-order chi connectivity index (χ1) is 8.70. The second-order valence-corrected chi connectivity index (χ2v) is 4.28. The van der Waals surface area contributed by atoms with E-state index in [4.69, 9.17) is 0 Å². The molecule has 2 rings (SSSR count). The van der Waals surface area contributed by atoms with Gasteiger partial charge >= 0.3 is 0 Å². The van der Waals surface area contributed by atoms with Gasteiger partial charge in [-0.15, -0.1) is 12.4 Å². The molecular formula is C12H19ClFN5. The lowest BCUT2D eigenvalue weighted by atomic mass is 10.2. The Morgan fingerprint density at radius 3 is 2.68 bits per heavy atom. The van der Waals surface area contributed by atoms with Crippen molar-refractivity contribution in [2.45, 2.75) is 26.6 Å². The van der Waals surface area contributed by atoms with Crippen LogP contribution in [0.4, 0.5) is 4.39 Å². The Labute approximate surface area is 118 Å². The van der Waals surface area contributed by atoms with E-state index in [2.05, 4.69) is 15.5 Å². The summed E-state index contributed by atoms with van der Waals surface area (Å²) in [6.45, 7) is 3.48. The predicted molar refractivity (Wildman–Crippen MR) is 73.9 cm³/mol. The summed E-state index contributed by atoms with van der Waals surface area (Å²) in [5, 5.41) is 11.6. The van der Waals surface area contributed by atoms with Gasteiger partial charge in [0.25, 0.3) is 0 Å². The molecule has 0 aliphatic heterocycles. The Bertz CT molecular complexity index is 508. The van der Waals surface area contributed by atoms with Crippen LogP contribution in [0, 0.1) is 6.92 Å². The van der Waals surface area contributed by atoms with E-state index in [9.17, 15) is 4.39 Å². The zero-order valence-electron chi connectivity index (χ0n) is 11.1. The highest BCUT2D eigenvalue weighted by molar-refractivity contribution is 5.85. The quantitative estimate of drug-likeness (QED) is 0.878. The van der Waals surface area contributed by atoms with Gasteiger partial charge in [0.1, 0.15) is 6.67 Å². The van der Waals surface area contributed by atoms with Crippen molar-refractivity contribution >= 4 is 12.4 Å². The molecule has 0 atom stereocenters. The van der Waals surface area contributed by atoms with Crippen LogP contribution in [-0.4, -0.2) is 26.2 Å². The molecule has 0 fully saturated rings. The Balaban J connectivity index is 0.00000180. The van der Waals surface area contributed by atoms with Gasteiger partial charge in [-0.3, -0.25) is 9.36 Å². The Hall–Kier alpha value is -1.40. The highest BCUT2D eigenvalue weighted by Gasteiger charge is 2.03. The second kappa shape index (κ2) is 7.25. The van der Waals surface area contributed by atoms with E-state index in [1.807, 2.05) is 31.0 Å². The molecule has 0 saturated carbocycles. The van der Waals surface area contributed by atoms with E-state index >= 15 is 0 Å². The SMILES string of the molecule is Cc1c(CNCc2cnn(CCF)c2)cnn1C.Cl. The van der Waals surface area contributed by atoms with Crippen LogP contribution in [0.1, 0.15) is 16.8 Å². The summed E-state index contributed by atoms with van der Waals surface area (Å²) in [4.78, 5) is 0. The van der Waals surface area contributed by atoms with Crippen LogP contribution in [0.5, 0.6) is 0 Å². The monoisotopic (exact) mass is 287 g/mol. The van der Waals surface area contributed by atoms with Gasteiger partial charge in [-0.2, -0.15) is 10.2 Å². The first-order valence-corrected chi connectivity index (χ1v) is 5.96. The van der Waals surface area contributed by atoms with Gasteiger partial charge in [0.2, 0.25) is 0 Å². The minimum Gasteiger partial charge on any atom is -0.308 e. The molecule has 0 bridgehead atoms. The molecule has 0 amide bonds. The highest BCUT2D eigenvalue weighted by Crippen LogP contribution is 2.05. The lowest BCUT2D eigenvalue weighted by molar-refractivity contribution is 0.427. The van der Waals surface area contributed by atoms with Gasteiger partial charge in [0.05, 0.1) is 18.9 Å². The van der Waals surface area contributed by atoms with E-state index in [-0.39, 0.29) is 19.1 Å². The predicted octanol–water partition coefficient (Wildman–Crippen LogP) is 1.61. The lowest BCUT2D eigenvalue weighted by Gasteiger charge is -2.02. The average Bonchev–Trinajstić information content (AvgIpc) is 2.91. The third-order valence-corrected chi connectivity index (χ3v) is 2.98. The van der Waals surface area contributed by atoms with Crippen molar-refractivity contribution in [1.29, 1.82) is 0 Å². The molecule has 0 aromatic carbocycles. The fraction of sp³-hybridized carbons (Fsp3) is 0.500. The van der Waals surface area contributed by atoms with Crippen LogP contribution < -0.4 is 5.32 Å². The molecule has 106 valence electrons. The van der Waals surface area contributed by atoms with Crippen LogP contribution in [0.2, 0.25) is 0 Å². The zero-order valence-corrected chi connectivity index (χ0v) is 12.0. The number of hydrogen-bond acceptors (Lipinski definition) is 3. The van der Waals surface area contributed by atoms with Gasteiger partial charge in [0.15, 0.2) is 0 Å². The van der Waals surface area contributed by atoms with Crippen molar-refractivity contribution < 1.29 is 4.39 Å². The molecule has 0 radical (unpaired) electrons. The van der Waals surface area contributed by atoms with E-state index in [0.29, 0.717) is 6.54 Å². The number of aryl methyl sites for hydroxylation is 2. The van der Waals surface area contributed by atoms with Crippen LogP contribution in [0.15, 0.2) is 18.6 Å². The summed E-state index contributed by atoms with van der Waals surface area (Å²) in [7, 11) is 1.93. The summed E-state index contributed by atoms with van der Waals surface area (Å²) >= 11 is 0. The minimum atomic E-state index is -0.385. The molecule has 5 nitrogen and oxygen atoms in total. The van der Waals surface area contributed by atoms with Crippen molar-refractivity contribution in [3.8, 4) is 0 Å². The van der Waals surface area contributed by atoms with Crippen LogP contribution in [0.25, 0.3) is 0 Å². The van der Waals surface area contributed by atoms with Gasteiger partial charge in [-0.25, -0.2) is 4.39 Å². The lowest BCUT2D eigenvalue weighted by Crippen LogP contribution is -2.13. The number of nitrogens with zero attached hydrogens (tertiary/aromatic N) is 4. The number of hydrogen-bond donors (Lipinski definition) is 1. The molecule has 0 aliphatic carbocycles. The molecule has 19 heavy (non-hydrogen) atoms.